The van der Waals surface area contributed by atoms with Gasteiger partial charge in [0.1, 0.15) is 0 Å². The van der Waals surface area contributed by atoms with Crippen LogP contribution in [-0.4, -0.2) is 0 Å². The average molecular weight is 204 g/mol. The fourth-order valence-corrected chi connectivity index (χ4v) is 1.84. The number of fused-ring (bicyclic) bond motifs is 2. The van der Waals surface area contributed by atoms with Crippen molar-refractivity contribution in [3.8, 4) is 0 Å². The van der Waals surface area contributed by atoms with Gasteiger partial charge in [-0.3, -0.25) is 0 Å². The van der Waals surface area contributed by atoms with E-state index in [4.69, 9.17) is 13.7 Å². The maximum Gasteiger partial charge on any atom is 0.0314 e. The molecule has 0 nitrogen and oxygen atoms in total. The zero-order valence-corrected chi connectivity index (χ0v) is 9.58. The Balaban J connectivity index is 3.03. The molecule has 14 heavy (non-hydrogen) atoms. The Labute approximate surface area is 104 Å². The zero-order valence-electron chi connectivity index (χ0n) is 19.6. The molecule has 3 fully saturated rings. The first-order valence-electron chi connectivity index (χ1n) is 10.2. The van der Waals surface area contributed by atoms with Crippen molar-refractivity contribution in [2.75, 3.05) is 0 Å². The minimum atomic E-state index is -2.97. The second-order valence-electron chi connectivity index (χ2n) is 5.32. The highest BCUT2D eigenvalue weighted by molar-refractivity contribution is 5.00. The minimum Gasteiger partial charge on any atom is -0.0625 e. The second kappa shape index (κ2) is 3.25. The smallest absolute Gasteiger partial charge is 0.0314 e. The van der Waals surface area contributed by atoms with Crippen LogP contribution in [0.5, 0.6) is 0 Å². The van der Waals surface area contributed by atoms with Crippen molar-refractivity contribution < 1.29 is 13.7 Å². The predicted molar refractivity (Wildman–Crippen MR) is 62.1 cm³/mol. The first-order chi connectivity index (χ1) is 10.2. The summed E-state index contributed by atoms with van der Waals surface area (Å²) in [5.74, 6) is -11.3. The molecule has 0 heteroatoms. The van der Waals surface area contributed by atoms with Crippen LogP contribution in [0.15, 0.2) is 0 Å². The van der Waals surface area contributed by atoms with Crippen LogP contribution in [0.3, 0.4) is 0 Å². The van der Waals surface area contributed by atoms with Crippen LogP contribution in [0.25, 0.3) is 0 Å². The average Bonchev–Trinajstić information content (AvgIpc) is 2.39. The monoisotopic (exact) mass is 204 g/mol. The van der Waals surface area contributed by atoms with Gasteiger partial charge in [-0.25, -0.2) is 0 Å². The predicted octanol–water partition coefficient (Wildman–Crippen LogP) is 4.35. The SMILES string of the molecule is [2H]C1([2H])C([2H])(C(C)C)C([2H])([2H])C2([2H])C([2H])([2H])C1([2H])C2([2H])C(C)(C)C. The van der Waals surface area contributed by atoms with Gasteiger partial charge < -0.3 is 0 Å². The molecule has 2 unspecified atom stereocenters. The van der Waals surface area contributed by atoms with E-state index in [1.807, 2.05) is 0 Å². The van der Waals surface area contributed by atoms with E-state index in [9.17, 15) is 0 Å². The fourth-order valence-electron chi connectivity index (χ4n) is 1.84. The highest BCUT2D eigenvalue weighted by Gasteiger charge is 2.51. The first kappa shape index (κ1) is 3.79. The Morgan fingerprint density at radius 1 is 1.14 bits per heavy atom. The lowest BCUT2D eigenvalue weighted by Crippen LogP contribution is -2.50. The molecule has 3 saturated carbocycles. The summed E-state index contributed by atoms with van der Waals surface area (Å²) in [7, 11) is 0. The van der Waals surface area contributed by atoms with E-state index in [0.29, 0.717) is 0 Å². The molecule has 3 aliphatic rings. The Bertz CT molecular complexity index is 543. The third-order valence-corrected chi connectivity index (χ3v) is 2.60. The standard InChI is InChI=1S/C14H26/c1-9(2)10-6-11-8-12(7-10)13(11)14(3,4)5/h9-13H,6-8H2,1-5H3/i6D2,7D2,8D2,10D,11D,12D,13D. The van der Waals surface area contributed by atoms with Gasteiger partial charge in [-0.05, 0) is 54.0 Å². The molecule has 0 aromatic carbocycles. The van der Waals surface area contributed by atoms with Crippen LogP contribution in [0, 0.1) is 34.9 Å². The molecule has 0 spiro atoms. The summed E-state index contributed by atoms with van der Waals surface area (Å²) in [5.41, 5.74) is -1.24. The molecule has 3 rings (SSSR count). The Morgan fingerprint density at radius 2 is 1.64 bits per heavy atom. The normalized spacial score (nSPS) is 84.7. The highest BCUT2D eigenvalue weighted by Crippen LogP contribution is 2.59. The van der Waals surface area contributed by atoms with Crippen LogP contribution in [-0.2, 0) is 0 Å². The van der Waals surface area contributed by atoms with E-state index in [0.717, 1.165) is 0 Å². The van der Waals surface area contributed by atoms with Crippen molar-refractivity contribution in [3.05, 3.63) is 0 Å². The third kappa shape index (κ3) is 1.61. The van der Waals surface area contributed by atoms with E-state index in [-0.39, 0.29) is 0 Å². The summed E-state index contributed by atoms with van der Waals surface area (Å²) in [6.45, 7) is 7.39. The van der Waals surface area contributed by atoms with Crippen LogP contribution in [0.4, 0.5) is 0 Å². The lowest BCUT2D eigenvalue weighted by atomic mass is 9.47. The number of hydrogen-bond donors (Lipinski definition) is 0. The molecular weight excluding hydrogens is 168 g/mol. The van der Waals surface area contributed by atoms with E-state index in [1.165, 1.54) is 34.6 Å². The summed E-state index contributed by atoms with van der Waals surface area (Å²) >= 11 is 0. The van der Waals surface area contributed by atoms with E-state index in [1.54, 1.807) is 0 Å². The fraction of sp³-hybridized carbons (Fsp3) is 1.00. The van der Waals surface area contributed by atoms with Gasteiger partial charge >= 0.3 is 0 Å². The van der Waals surface area contributed by atoms with Gasteiger partial charge in [0, 0.05) is 13.7 Å². The molecule has 2 atom stereocenters. The summed E-state index contributed by atoms with van der Waals surface area (Å²) in [4.78, 5) is 0. The maximum atomic E-state index is 8.83. The molecule has 0 aliphatic heterocycles. The van der Waals surface area contributed by atoms with Gasteiger partial charge in [-0.2, -0.15) is 0 Å². The van der Waals surface area contributed by atoms with Crippen molar-refractivity contribution in [2.45, 2.75) is 53.7 Å². The zero-order chi connectivity index (χ0) is 19.6. The van der Waals surface area contributed by atoms with Crippen LogP contribution < -0.4 is 0 Å². The molecule has 0 saturated heterocycles. The molecule has 0 heterocycles. The van der Waals surface area contributed by atoms with Crippen molar-refractivity contribution in [1.82, 2.24) is 0 Å². The van der Waals surface area contributed by atoms with Crippen molar-refractivity contribution >= 4 is 0 Å². The van der Waals surface area contributed by atoms with E-state index in [2.05, 4.69) is 0 Å². The molecule has 82 valence electrons. The first-order valence-corrected chi connectivity index (χ1v) is 5.19. The van der Waals surface area contributed by atoms with E-state index < -0.39 is 54.0 Å². The van der Waals surface area contributed by atoms with Gasteiger partial charge in [0.05, 0.1) is 0 Å². The molecule has 0 N–H and O–H groups in total. The lowest BCUT2D eigenvalue weighted by molar-refractivity contribution is -0.0892. The third-order valence-electron chi connectivity index (χ3n) is 2.60. The molecule has 2 bridgehead atoms. The van der Waals surface area contributed by atoms with Gasteiger partial charge in [0.2, 0.25) is 0 Å². The summed E-state index contributed by atoms with van der Waals surface area (Å²) in [6.07, 6.45) is -8.86. The molecular formula is C14H26. The molecule has 3 aliphatic carbocycles. The maximum absolute atomic E-state index is 8.83. The van der Waals surface area contributed by atoms with Crippen molar-refractivity contribution in [3.63, 3.8) is 0 Å². The van der Waals surface area contributed by atoms with Crippen LogP contribution in [0.2, 0.25) is 0 Å². The summed E-state index contributed by atoms with van der Waals surface area (Å²) in [5, 5.41) is 0. The van der Waals surface area contributed by atoms with E-state index >= 15 is 0 Å². The second-order valence-corrected chi connectivity index (χ2v) is 5.32. The number of hydrogen-bond acceptors (Lipinski definition) is 0. The van der Waals surface area contributed by atoms with Crippen LogP contribution >= 0.6 is 0 Å². The molecule has 0 aromatic rings. The Hall–Kier alpha value is 0. The van der Waals surface area contributed by atoms with Gasteiger partial charge in [0.25, 0.3) is 0 Å². The summed E-state index contributed by atoms with van der Waals surface area (Å²) in [6, 6.07) is 0. The van der Waals surface area contributed by atoms with Gasteiger partial charge in [0.15, 0.2) is 0 Å². The quantitative estimate of drug-likeness (QED) is 0.595. The molecule has 0 aromatic heterocycles. The topological polar surface area (TPSA) is 0 Å². The molecule has 0 radical (unpaired) electrons. The van der Waals surface area contributed by atoms with Gasteiger partial charge in [-0.15, -0.1) is 0 Å². The largest absolute Gasteiger partial charge is 0.0625 e. The summed E-state index contributed by atoms with van der Waals surface area (Å²) < 4.78 is 85.3. The van der Waals surface area contributed by atoms with Crippen molar-refractivity contribution in [1.29, 1.82) is 0 Å². The highest BCUT2D eigenvalue weighted by atomic mass is 14.6. The van der Waals surface area contributed by atoms with Crippen molar-refractivity contribution in [2.24, 2.45) is 34.9 Å². The Kier molecular flexibility index (Phi) is 0.879. The Morgan fingerprint density at radius 3 is 2.00 bits per heavy atom. The molecule has 0 amide bonds. The number of rotatable bonds is 1. The van der Waals surface area contributed by atoms with Gasteiger partial charge in [-0.1, -0.05) is 34.6 Å². The minimum absolute atomic E-state index is 0.905. The lowest BCUT2D eigenvalue weighted by Gasteiger charge is -2.58. The van der Waals surface area contributed by atoms with Crippen LogP contribution in [0.1, 0.15) is 67.4 Å².